The fourth-order valence-corrected chi connectivity index (χ4v) is 2.85. The topological polar surface area (TPSA) is 86.8 Å². The number of nitrogens with one attached hydrogen (secondary N) is 1. The highest BCUT2D eigenvalue weighted by Crippen LogP contribution is 2.24. The van der Waals surface area contributed by atoms with Gasteiger partial charge in [0.2, 0.25) is 0 Å². The van der Waals surface area contributed by atoms with Crippen molar-refractivity contribution in [3.05, 3.63) is 40.9 Å². The summed E-state index contributed by atoms with van der Waals surface area (Å²) in [6.45, 7) is 3.36. The Hall–Kier alpha value is -2.45. The molecule has 0 aliphatic rings. The normalized spacial score (nSPS) is 10.4. The van der Waals surface area contributed by atoms with E-state index in [4.69, 9.17) is 14.2 Å². The van der Waals surface area contributed by atoms with Crippen LogP contribution in [0.1, 0.15) is 29.4 Å². The Labute approximate surface area is 156 Å². The van der Waals surface area contributed by atoms with E-state index in [-0.39, 0.29) is 6.61 Å². The van der Waals surface area contributed by atoms with E-state index in [9.17, 15) is 9.59 Å². The standard InChI is InChI=1S/C18H22N2O5S/c1-3-24-17(21)15-12-26-16(20-15)14-7-5-13(6-8-14)11-25-18(22)19-9-4-10-23-2/h5-8,12H,3-4,9-11H2,1-2H3,(H,19,22). The Bertz CT molecular complexity index is 715. The lowest BCUT2D eigenvalue weighted by molar-refractivity contribution is 0.0520. The van der Waals surface area contributed by atoms with Gasteiger partial charge in [-0.1, -0.05) is 24.3 Å². The molecule has 0 aliphatic heterocycles. The minimum Gasteiger partial charge on any atom is -0.461 e. The summed E-state index contributed by atoms with van der Waals surface area (Å²) in [7, 11) is 1.62. The molecule has 0 spiro atoms. The van der Waals surface area contributed by atoms with Gasteiger partial charge in [0.15, 0.2) is 5.69 Å². The van der Waals surface area contributed by atoms with E-state index in [1.165, 1.54) is 11.3 Å². The van der Waals surface area contributed by atoms with Gasteiger partial charge in [-0.05, 0) is 18.9 Å². The number of methoxy groups -OCH3 is 1. The molecule has 0 aliphatic carbocycles. The van der Waals surface area contributed by atoms with Gasteiger partial charge in [-0.2, -0.15) is 0 Å². The van der Waals surface area contributed by atoms with Crippen LogP contribution in [0.2, 0.25) is 0 Å². The molecular formula is C18H22N2O5S. The second-order valence-corrected chi connectivity index (χ2v) is 6.16. The van der Waals surface area contributed by atoms with Crippen molar-refractivity contribution in [1.82, 2.24) is 10.3 Å². The number of thiazole rings is 1. The van der Waals surface area contributed by atoms with E-state index in [1.54, 1.807) is 19.4 Å². The number of rotatable bonds is 9. The molecule has 2 aromatic rings. The molecule has 0 bridgehead atoms. The molecular weight excluding hydrogens is 356 g/mol. The van der Waals surface area contributed by atoms with Crippen LogP contribution in [0.15, 0.2) is 29.6 Å². The third-order valence-corrected chi connectivity index (χ3v) is 4.25. The number of esters is 1. The lowest BCUT2D eigenvalue weighted by Crippen LogP contribution is -2.25. The molecule has 1 amide bonds. The summed E-state index contributed by atoms with van der Waals surface area (Å²) in [5, 5.41) is 5.07. The monoisotopic (exact) mass is 378 g/mol. The molecule has 2 rings (SSSR count). The van der Waals surface area contributed by atoms with Gasteiger partial charge in [0.1, 0.15) is 11.6 Å². The van der Waals surface area contributed by atoms with Crippen LogP contribution < -0.4 is 5.32 Å². The average molecular weight is 378 g/mol. The molecule has 26 heavy (non-hydrogen) atoms. The minimum absolute atomic E-state index is 0.183. The van der Waals surface area contributed by atoms with Crippen molar-refractivity contribution < 1.29 is 23.8 Å². The van der Waals surface area contributed by atoms with Crippen molar-refractivity contribution in [3.63, 3.8) is 0 Å². The van der Waals surface area contributed by atoms with Gasteiger partial charge in [-0.3, -0.25) is 0 Å². The van der Waals surface area contributed by atoms with Gasteiger partial charge in [0.05, 0.1) is 6.61 Å². The lowest BCUT2D eigenvalue weighted by Gasteiger charge is -2.07. The molecule has 7 nitrogen and oxygen atoms in total. The number of amides is 1. The second kappa shape index (κ2) is 10.5. The van der Waals surface area contributed by atoms with E-state index in [1.807, 2.05) is 24.3 Å². The fraction of sp³-hybridized carbons (Fsp3) is 0.389. The van der Waals surface area contributed by atoms with Crippen LogP contribution in [0.4, 0.5) is 4.79 Å². The van der Waals surface area contributed by atoms with Gasteiger partial charge in [0.25, 0.3) is 0 Å². The van der Waals surface area contributed by atoms with Gasteiger partial charge >= 0.3 is 12.1 Å². The predicted molar refractivity (Wildman–Crippen MR) is 98.2 cm³/mol. The highest BCUT2D eigenvalue weighted by Gasteiger charge is 2.12. The minimum atomic E-state index is -0.454. The van der Waals surface area contributed by atoms with Gasteiger partial charge in [-0.25, -0.2) is 14.6 Å². The van der Waals surface area contributed by atoms with Crippen molar-refractivity contribution in [2.24, 2.45) is 0 Å². The number of alkyl carbamates (subject to hydrolysis) is 1. The van der Waals surface area contributed by atoms with Crippen LogP contribution in [0.3, 0.4) is 0 Å². The molecule has 1 aromatic carbocycles. The first-order valence-corrected chi connectivity index (χ1v) is 9.13. The summed E-state index contributed by atoms with van der Waals surface area (Å²) in [6, 6.07) is 7.48. The maximum atomic E-state index is 11.7. The predicted octanol–water partition coefficient (Wildman–Crippen LogP) is 3.25. The van der Waals surface area contributed by atoms with E-state index in [0.29, 0.717) is 25.5 Å². The number of hydrogen-bond acceptors (Lipinski definition) is 7. The second-order valence-electron chi connectivity index (χ2n) is 5.30. The smallest absolute Gasteiger partial charge is 0.407 e. The number of aromatic nitrogens is 1. The number of nitrogens with zero attached hydrogens (tertiary/aromatic N) is 1. The first-order chi connectivity index (χ1) is 12.6. The first-order valence-electron chi connectivity index (χ1n) is 8.25. The summed E-state index contributed by atoms with van der Waals surface area (Å²) in [6.07, 6.45) is 0.284. The zero-order valence-electron chi connectivity index (χ0n) is 14.8. The molecule has 0 saturated heterocycles. The SMILES string of the molecule is CCOC(=O)c1csc(-c2ccc(COC(=O)NCCCOC)cc2)n1. The summed E-state index contributed by atoms with van der Waals surface area (Å²) in [5.74, 6) is -0.420. The van der Waals surface area contributed by atoms with Crippen LogP contribution in [0.25, 0.3) is 10.6 Å². The van der Waals surface area contributed by atoms with Gasteiger partial charge in [0, 0.05) is 31.2 Å². The number of benzene rings is 1. The summed E-state index contributed by atoms with van der Waals surface area (Å²) >= 11 is 1.38. The van der Waals surface area contributed by atoms with Crippen molar-refractivity contribution >= 4 is 23.4 Å². The number of carbonyl (C=O) groups excluding carboxylic acids is 2. The Balaban J connectivity index is 1.84. The van der Waals surface area contributed by atoms with Crippen molar-refractivity contribution in [2.75, 3.05) is 26.9 Å². The fourth-order valence-electron chi connectivity index (χ4n) is 2.06. The first kappa shape index (κ1) is 19.9. The van der Waals surface area contributed by atoms with Crippen LogP contribution in [-0.2, 0) is 20.8 Å². The van der Waals surface area contributed by atoms with Crippen LogP contribution >= 0.6 is 11.3 Å². The van der Waals surface area contributed by atoms with E-state index in [2.05, 4.69) is 10.3 Å². The van der Waals surface area contributed by atoms with Crippen LogP contribution in [0.5, 0.6) is 0 Å². The van der Waals surface area contributed by atoms with Crippen LogP contribution in [0, 0.1) is 0 Å². The van der Waals surface area contributed by atoms with Crippen molar-refractivity contribution in [2.45, 2.75) is 20.0 Å². The third-order valence-electron chi connectivity index (χ3n) is 3.35. The molecule has 0 saturated carbocycles. The number of ether oxygens (including phenoxy) is 3. The molecule has 1 aromatic heterocycles. The zero-order valence-corrected chi connectivity index (χ0v) is 15.6. The van der Waals surface area contributed by atoms with Gasteiger partial charge < -0.3 is 19.5 Å². The Morgan fingerprint density at radius 2 is 1.96 bits per heavy atom. The summed E-state index contributed by atoms with van der Waals surface area (Å²) < 4.78 is 15.0. The quantitative estimate of drug-likeness (QED) is 0.532. The van der Waals surface area contributed by atoms with E-state index < -0.39 is 12.1 Å². The summed E-state index contributed by atoms with van der Waals surface area (Å²) in [5.41, 5.74) is 2.06. The van der Waals surface area contributed by atoms with E-state index >= 15 is 0 Å². The Kier molecular flexibility index (Phi) is 8.04. The molecule has 8 heteroatoms. The maximum Gasteiger partial charge on any atom is 0.407 e. The number of hydrogen-bond donors (Lipinski definition) is 1. The Morgan fingerprint density at radius 1 is 1.19 bits per heavy atom. The number of carbonyl (C=O) groups is 2. The molecule has 1 N–H and O–H groups in total. The van der Waals surface area contributed by atoms with Crippen molar-refractivity contribution in [3.8, 4) is 10.6 Å². The largest absolute Gasteiger partial charge is 0.461 e. The average Bonchev–Trinajstić information content (AvgIpc) is 3.14. The molecule has 0 radical (unpaired) electrons. The highest BCUT2D eigenvalue weighted by molar-refractivity contribution is 7.13. The van der Waals surface area contributed by atoms with Crippen molar-refractivity contribution in [1.29, 1.82) is 0 Å². The lowest BCUT2D eigenvalue weighted by atomic mass is 10.1. The molecule has 0 unspecified atom stereocenters. The zero-order chi connectivity index (χ0) is 18.8. The van der Waals surface area contributed by atoms with Gasteiger partial charge in [-0.15, -0.1) is 11.3 Å². The molecule has 0 fully saturated rings. The molecule has 0 atom stereocenters. The highest BCUT2D eigenvalue weighted by atomic mass is 32.1. The molecule has 1 heterocycles. The van der Waals surface area contributed by atoms with Crippen LogP contribution in [-0.4, -0.2) is 43.9 Å². The maximum absolute atomic E-state index is 11.7. The van der Waals surface area contributed by atoms with E-state index in [0.717, 1.165) is 22.6 Å². The third kappa shape index (κ3) is 6.12. The summed E-state index contributed by atoms with van der Waals surface area (Å²) in [4.78, 5) is 27.5. The molecule has 140 valence electrons. The Morgan fingerprint density at radius 3 is 2.65 bits per heavy atom.